The predicted octanol–water partition coefficient (Wildman–Crippen LogP) is 2.32. The first-order chi connectivity index (χ1) is 13.9. The van der Waals surface area contributed by atoms with Crippen LogP contribution in [-0.2, 0) is 5.41 Å². The number of rotatable bonds is 4. The summed E-state index contributed by atoms with van der Waals surface area (Å²) in [6.07, 6.45) is 1.77. The molecule has 5 heterocycles. The lowest BCUT2D eigenvalue weighted by Crippen LogP contribution is -2.50. The largest absolute Gasteiger partial charge is 0.369 e. The average molecular weight is 391 g/mol. The van der Waals surface area contributed by atoms with Crippen LogP contribution in [0.4, 0.5) is 11.6 Å². The Morgan fingerprint density at radius 3 is 2.69 bits per heavy atom. The first-order valence-corrected chi connectivity index (χ1v) is 9.92. The molecule has 0 aromatic carbocycles. The molecule has 0 aliphatic carbocycles. The molecule has 4 aromatic heterocycles. The third-order valence-corrected chi connectivity index (χ3v) is 5.26. The van der Waals surface area contributed by atoms with Gasteiger partial charge in [-0.1, -0.05) is 20.8 Å². The van der Waals surface area contributed by atoms with E-state index >= 15 is 0 Å². The van der Waals surface area contributed by atoms with Crippen molar-refractivity contribution in [3.63, 3.8) is 0 Å². The van der Waals surface area contributed by atoms with E-state index in [1.165, 1.54) is 0 Å². The molecule has 1 fully saturated rings. The normalized spacial score (nSPS) is 15.2. The molecule has 1 saturated heterocycles. The minimum absolute atomic E-state index is 0.104. The van der Waals surface area contributed by atoms with Crippen molar-refractivity contribution in [3.05, 3.63) is 42.0 Å². The Labute approximate surface area is 168 Å². The van der Waals surface area contributed by atoms with Crippen molar-refractivity contribution >= 4 is 22.9 Å². The fourth-order valence-corrected chi connectivity index (χ4v) is 3.72. The highest BCUT2D eigenvalue weighted by atomic mass is 15.4. The van der Waals surface area contributed by atoms with Crippen molar-refractivity contribution in [2.75, 3.05) is 29.9 Å². The number of aromatic nitrogens is 7. The standard InChI is InChI=1S/C20H25N9/c1-13-9-18(28-15(23-13)7-8-22-28)21-10-14-11-27(12-14)17-6-5-16-24-25-19(20(2,3)4)29(16)26-17/h5-9,14,21H,10-12H2,1-4H3. The molecule has 9 nitrogen and oxygen atoms in total. The highest BCUT2D eigenvalue weighted by molar-refractivity contribution is 5.50. The van der Waals surface area contributed by atoms with E-state index in [1.54, 1.807) is 6.20 Å². The average Bonchev–Trinajstić information content (AvgIpc) is 3.25. The van der Waals surface area contributed by atoms with Gasteiger partial charge in [0, 0.05) is 48.8 Å². The van der Waals surface area contributed by atoms with Crippen LogP contribution >= 0.6 is 0 Å². The molecule has 0 atom stereocenters. The number of fused-ring (bicyclic) bond motifs is 2. The number of nitrogens with zero attached hydrogens (tertiary/aromatic N) is 8. The van der Waals surface area contributed by atoms with Gasteiger partial charge in [0.15, 0.2) is 17.1 Å². The van der Waals surface area contributed by atoms with Gasteiger partial charge in [0.25, 0.3) is 0 Å². The lowest BCUT2D eigenvalue weighted by Gasteiger charge is -2.40. The summed E-state index contributed by atoms with van der Waals surface area (Å²) < 4.78 is 3.72. The maximum atomic E-state index is 4.80. The number of nitrogens with one attached hydrogen (secondary N) is 1. The molecule has 0 bridgehead atoms. The van der Waals surface area contributed by atoms with Crippen LogP contribution in [0.25, 0.3) is 11.3 Å². The molecule has 0 saturated carbocycles. The number of hydrogen-bond donors (Lipinski definition) is 1. The van der Waals surface area contributed by atoms with Gasteiger partial charge in [0.1, 0.15) is 11.6 Å². The second kappa shape index (κ2) is 6.40. The lowest BCUT2D eigenvalue weighted by molar-refractivity contribution is 0.423. The third-order valence-electron chi connectivity index (χ3n) is 5.26. The Morgan fingerprint density at radius 1 is 1.07 bits per heavy atom. The van der Waals surface area contributed by atoms with Crippen LogP contribution < -0.4 is 10.2 Å². The third kappa shape index (κ3) is 3.16. The molecular weight excluding hydrogens is 366 g/mol. The molecule has 29 heavy (non-hydrogen) atoms. The fraction of sp³-hybridized carbons (Fsp3) is 0.450. The molecule has 0 radical (unpaired) electrons. The molecule has 1 N–H and O–H groups in total. The minimum atomic E-state index is -0.104. The van der Waals surface area contributed by atoms with Crippen LogP contribution in [0.5, 0.6) is 0 Å². The minimum Gasteiger partial charge on any atom is -0.369 e. The molecule has 0 amide bonds. The van der Waals surface area contributed by atoms with Crippen molar-refractivity contribution in [3.8, 4) is 0 Å². The quantitative estimate of drug-likeness (QED) is 0.571. The summed E-state index contributed by atoms with van der Waals surface area (Å²) in [5, 5.41) is 21.2. The molecule has 0 spiro atoms. The number of hydrogen-bond acceptors (Lipinski definition) is 7. The van der Waals surface area contributed by atoms with E-state index in [1.807, 2.05) is 40.2 Å². The van der Waals surface area contributed by atoms with Crippen LogP contribution in [0, 0.1) is 12.8 Å². The van der Waals surface area contributed by atoms with E-state index in [2.05, 4.69) is 51.3 Å². The Kier molecular flexibility index (Phi) is 3.94. The van der Waals surface area contributed by atoms with Crippen LogP contribution in [0.15, 0.2) is 30.5 Å². The van der Waals surface area contributed by atoms with Crippen LogP contribution in [-0.4, -0.2) is 54.0 Å². The van der Waals surface area contributed by atoms with Crippen LogP contribution in [0.2, 0.25) is 0 Å². The monoisotopic (exact) mass is 391 g/mol. The summed E-state index contributed by atoms with van der Waals surface area (Å²) in [4.78, 5) is 6.78. The first-order valence-electron chi connectivity index (χ1n) is 9.92. The van der Waals surface area contributed by atoms with E-state index in [0.29, 0.717) is 5.92 Å². The van der Waals surface area contributed by atoms with Crippen molar-refractivity contribution in [1.29, 1.82) is 0 Å². The van der Waals surface area contributed by atoms with Gasteiger partial charge in [-0.2, -0.15) is 14.1 Å². The van der Waals surface area contributed by atoms with Crippen molar-refractivity contribution in [2.24, 2.45) is 5.92 Å². The highest BCUT2D eigenvalue weighted by Gasteiger charge is 2.29. The molecule has 0 unspecified atom stereocenters. The Morgan fingerprint density at radius 2 is 1.90 bits per heavy atom. The lowest BCUT2D eigenvalue weighted by atomic mass is 9.96. The maximum absolute atomic E-state index is 4.80. The molecule has 1 aliphatic heterocycles. The Balaban J connectivity index is 1.27. The molecule has 9 heteroatoms. The topological polar surface area (TPSA) is 88.5 Å². The van der Waals surface area contributed by atoms with E-state index in [0.717, 1.165) is 54.1 Å². The molecule has 4 aromatic rings. The van der Waals surface area contributed by atoms with E-state index < -0.39 is 0 Å². The summed E-state index contributed by atoms with van der Waals surface area (Å²) >= 11 is 0. The summed E-state index contributed by atoms with van der Waals surface area (Å²) in [5.74, 6) is 3.38. The van der Waals surface area contributed by atoms with Crippen molar-refractivity contribution < 1.29 is 0 Å². The first kappa shape index (κ1) is 17.8. The zero-order chi connectivity index (χ0) is 20.2. The summed E-state index contributed by atoms with van der Waals surface area (Å²) in [5.41, 5.74) is 2.53. The highest BCUT2D eigenvalue weighted by Crippen LogP contribution is 2.25. The van der Waals surface area contributed by atoms with Crippen LogP contribution in [0.3, 0.4) is 0 Å². The number of aryl methyl sites for hydroxylation is 1. The Bertz CT molecular complexity index is 1180. The van der Waals surface area contributed by atoms with Crippen molar-refractivity contribution in [1.82, 2.24) is 34.4 Å². The fourth-order valence-electron chi connectivity index (χ4n) is 3.72. The van der Waals surface area contributed by atoms with E-state index in [-0.39, 0.29) is 5.41 Å². The Hall–Kier alpha value is -3.23. The zero-order valence-electron chi connectivity index (χ0n) is 17.2. The van der Waals surface area contributed by atoms with Crippen LogP contribution in [0.1, 0.15) is 32.3 Å². The molecule has 150 valence electrons. The van der Waals surface area contributed by atoms with E-state index in [9.17, 15) is 0 Å². The summed E-state index contributed by atoms with van der Waals surface area (Å²) in [6, 6.07) is 7.97. The van der Waals surface area contributed by atoms with Gasteiger partial charge in [0.05, 0.1) is 6.20 Å². The SMILES string of the molecule is Cc1cc(NCC2CN(c3ccc4nnc(C(C)(C)C)n4n3)C2)n2nccc2n1. The molecular formula is C20H25N9. The second-order valence-corrected chi connectivity index (χ2v) is 8.77. The van der Waals surface area contributed by atoms with Crippen molar-refractivity contribution in [2.45, 2.75) is 33.1 Å². The summed E-state index contributed by atoms with van der Waals surface area (Å²) in [7, 11) is 0. The van der Waals surface area contributed by atoms with Gasteiger partial charge < -0.3 is 10.2 Å². The van der Waals surface area contributed by atoms with Gasteiger partial charge in [-0.3, -0.25) is 0 Å². The molecule has 1 aliphatic rings. The van der Waals surface area contributed by atoms with Gasteiger partial charge >= 0.3 is 0 Å². The second-order valence-electron chi connectivity index (χ2n) is 8.77. The smallest absolute Gasteiger partial charge is 0.178 e. The summed E-state index contributed by atoms with van der Waals surface area (Å²) in [6.45, 7) is 11.2. The van der Waals surface area contributed by atoms with Gasteiger partial charge in [-0.15, -0.1) is 15.3 Å². The maximum Gasteiger partial charge on any atom is 0.178 e. The zero-order valence-corrected chi connectivity index (χ0v) is 17.2. The van der Waals surface area contributed by atoms with Gasteiger partial charge in [0.2, 0.25) is 0 Å². The van der Waals surface area contributed by atoms with E-state index in [4.69, 9.17) is 5.10 Å². The number of anilines is 2. The molecule has 5 rings (SSSR count). The predicted molar refractivity (Wildman–Crippen MR) is 111 cm³/mol. The van der Waals surface area contributed by atoms with Gasteiger partial charge in [-0.05, 0) is 19.1 Å². The van der Waals surface area contributed by atoms with Gasteiger partial charge in [-0.25, -0.2) is 4.98 Å².